The van der Waals surface area contributed by atoms with E-state index in [1.54, 1.807) is 17.0 Å². The molecule has 2 unspecified atom stereocenters. The number of quaternary nitrogens is 1. The lowest BCUT2D eigenvalue weighted by molar-refractivity contribution is -0.896. The molecular weight excluding hydrogens is 428 g/mol. The predicted octanol–water partition coefficient (Wildman–Crippen LogP) is 1.86. The fraction of sp³-hybridized carbons (Fsp3) is 0.429. The maximum Gasteiger partial charge on any atom is 0.295 e. The number of carbonyl (C=O) groups excluding carboxylic acids is 2. The van der Waals surface area contributed by atoms with Gasteiger partial charge in [0.15, 0.2) is 0 Å². The first kappa shape index (κ1) is 24.0. The molecule has 2 heterocycles. The van der Waals surface area contributed by atoms with E-state index in [9.17, 15) is 14.7 Å². The van der Waals surface area contributed by atoms with E-state index in [0.717, 1.165) is 54.9 Å². The highest BCUT2D eigenvalue weighted by molar-refractivity contribution is 6.46. The molecule has 180 valence electrons. The molecule has 34 heavy (non-hydrogen) atoms. The molecule has 0 saturated carbocycles. The maximum atomic E-state index is 13.7. The average Bonchev–Trinajstić information content (AvgIpc) is 3.32. The summed E-state index contributed by atoms with van der Waals surface area (Å²) in [5.41, 5.74) is 3.31. The van der Waals surface area contributed by atoms with Gasteiger partial charge in [0, 0.05) is 25.0 Å². The lowest BCUT2D eigenvalue weighted by Gasteiger charge is -2.28. The highest BCUT2D eigenvalue weighted by atomic mass is 16.5. The summed E-state index contributed by atoms with van der Waals surface area (Å²) in [7, 11) is 0. The molecule has 0 aliphatic carbocycles. The quantitative estimate of drug-likeness (QED) is 0.369. The summed E-state index contributed by atoms with van der Waals surface area (Å²) >= 11 is 0. The van der Waals surface area contributed by atoms with Crippen LogP contribution < -0.4 is 14.7 Å². The van der Waals surface area contributed by atoms with Gasteiger partial charge in [-0.3, -0.25) is 9.59 Å². The third kappa shape index (κ3) is 4.60. The molecule has 1 saturated heterocycles. The number of benzene rings is 2. The first-order valence-electron chi connectivity index (χ1n) is 12.3. The zero-order valence-corrected chi connectivity index (χ0v) is 20.5. The van der Waals surface area contributed by atoms with Gasteiger partial charge >= 0.3 is 0 Å². The SMILES string of the molecule is CC[NH+](CC)CCCN1C(=O)C(=O)C(=C([O-])c2ccc3c(c2)CC(C)O3)C1c1ccc(C)cc1. The summed E-state index contributed by atoms with van der Waals surface area (Å²) < 4.78 is 5.76. The Hall–Kier alpha value is -3.12. The van der Waals surface area contributed by atoms with E-state index in [1.165, 1.54) is 4.90 Å². The number of nitrogens with one attached hydrogen (secondary N) is 1. The van der Waals surface area contributed by atoms with Crippen LogP contribution >= 0.6 is 0 Å². The van der Waals surface area contributed by atoms with Gasteiger partial charge in [0.25, 0.3) is 5.91 Å². The summed E-state index contributed by atoms with van der Waals surface area (Å²) in [4.78, 5) is 29.4. The number of amides is 1. The molecule has 2 aliphatic heterocycles. The van der Waals surface area contributed by atoms with Gasteiger partial charge < -0.3 is 19.6 Å². The minimum Gasteiger partial charge on any atom is -0.872 e. The number of hydrogen-bond acceptors (Lipinski definition) is 4. The number of Topliss-reactive ketones (excluding diaryl/α,β-unsaturated/α-hetero) is 1. The Morgan fingerprint density at radius 3 is 2.50 bits per heavy atom. The van der Waals surface area contributed by atoms with Crippen molar-refractivity contribution in [3.05, 3.63) is 70.3 Å². The second kappa shape index (κ2) is 10.0. The minimum atomic E-state index is -0.684. The number of carbonyl (C=O) groups is 2. The molecule has 4 rings (SSSR count). The van der Waals surface area contributed by atoms with E-state index in [2.05, 4.69) is 13.8 Å². The number of ketones is 1. The summed E-state index contributed by atoms with van der Waals surface area (Å²) in [6, 6.07) is 12.4. The van der Waals surface area contributed by atoms with Crippen LogP contribution in [0, 0.1) is 6.92 Å². The number of likely N-dealkylation sites (tertiary alicyclic amines) is 1. The van der Waals surface area contributed by atoms with Gasteiger partial charge in [-0.2, -0.15) is 0 Å². The molecule has 1 amide bonds. The minimum absolute atomic E-state index is 0.0518. The number of ether oxygens (including phenoxy) is 1. The lowest BCUT2D eigenvalue weighted by Crippen LogP contribution is -3.11. The largest absolute Gasteiger partial charge is 0.872 e. The van der Waals surface area contributed by atoms with Crippen LogP contribution in [-0.2, 0) is 16.0 Å². The molecular formula is C28H34N2O4. The summed E-state index contributed by atoms with van der Waals surface area (Å²) in [6.07, 6.45) is 1.56. The van der Waals surface area contributed by atoms with E-state index < -0.39 is 17.7 Å². The van der Waals surface area contributed by atoms with Crippen LogP contribution in [0.25, 0.3) is 5.76 Å². The fourth-order valence-corrected chi connectivity index (χ4v) is 5.02. The second-order valence-electron chi connectivity index (χ2n) is 9.40. The third-order valence-electron chi connectivity index (χ3n) is 7.01. The molecule has 0 aromatic heterocycles. The van der Waals surface area contributed by atoms with Crippen LogP contribution in [0.3, 0.4) is 0 Å². The monoisotopic (exact) mass is 462 g/mol. The number of rotatable bonds is 8. The number of nitrogens with zero attached hydrogens (tertiary/aromatic N) is 1. The Kier molecular flexibility index (Phi) is 7.08. The van der Waals surface area contributed by atoms with E-state index in [-0.39, 0.29) is 17.4 Å². The third-order valence-corrected chi connectivity index (χ3v) is 7.01. The van der Waals surface area contributed by atoms with Crippen LogP contribution in [0.15, 0.2) is 48.0 Å². The molecule has 2 aromatic carbocycles. The Bertz CT molecular complexity index is 1100. The Balaban J connectivity index is 1.72. The number of aryl methyl sites for hydroxylation is 1. The second-order valence-corrected chi connectivity index (χ2v) is 9.40. The predicted molar refractivity (Wildman–Crippen MR) is 129 cm³/mol. The van der Waals surface area contributed by atoms with Crippen molar-refractivity contribution in [2.45, 2.75) is 52.7 Å². The maximum absolute atomic E-state index is 13.7. The Morgan fingerprint density at radius 2 is 1.82 bits per heavy atom. The van der Waals surface area contributed by atoms with Crippen molar-refractivity contribution in [3.8, 4) is 5.75 Å². The normalized spacial score (nSPS) is 21.3. The van der Waals surface area contributed by atoms with E-state index in [0.29, 0.717) is 12.1 Å². The van der Waals surface area contributed by atoms with Crippen molar-refractivity contribution in [1.82, 2.24) is 4.90 Å². The van der Waals surface area contributed by atoms with Gasteiger partial charge in [-0.25, -0.2) is 0 Å². The summed E-state index contributed by atoms with van der Waals surface area (Å²) in [6.45, 7) is 11.7. The van der Waals surface area contributed by atoms with Crippen molar-refractivity contribution in [2.75, 3.05) is 26.2 Å². The topological polar surface area (TPSA) is 74.1 Å². The fourth-order valence-electron chi connectivity index (χ4n) is 5.02. The van der Waals surface area contributed by atoms with Crippen LogP contribution in [0.5, 0.6) is 5.75 Å². The molecule has 0 spiro atoms. The molecule has 6 nitrogen and oxygen atoms in total. The van der Waals surface area contributed by atoms with Crippen LogP contribution in [-0.4, -0.2) is 48.9 Å². The molecule has 6 heteroatoms. The van der Waals surface area contributed by atoms with Gasteiger partial charge in [-0.15, -0.1) is 0 Å². The van der Waals surface area contributed by atoms with E-state index in [1.807, 2.05) is 44.2 Å². The molecule has 1 N–H and O–H groups in total. The van der Waals surface area contributed by atoms with Gasteiger partial charge in [-0.1, -0.05) is 41.7 Å². The van der Waals surface area contributed by atoms with Crippen LogP contribution in [0.2, 0.25) is 0 Å². The van der Waals surface area contributed by atoms with E-state index >= 15 is 0 Å². The molecule has 0 radical (unpaired) electrons. The molecule has 1 fully saturated rings. The van der Waals surface area contributed by atoms with Crippen molar-refractivity contribution in [2.24, 2.45) is 0 Å². The molecule has 2 atom stereocenters. The van der Waals surface area contributed by atoms with Gasteiger partial charge in [0.2, 0.25) is 5.78 Å². The first-order chi connectivity index (χ1) is 16.3. The smallest absolute Gasteiger partial charge is 0.295 e. The van der Waals surface area contributed by atoms with Crippen molar-refractivity contribution >= 4 is 17.4 Å². The standard InChI is InChI=1S/C28H34N2O4/c1-5-29(6-2)14-7-15-30-25(20-10-8-18(3)9-11-20)24(27(32)28(30)33)26(31)21-12-13-23-22(17-21)16-19(4)34-23/h8-13,17,19,25,31H,5-7,14-16H2,1-4H3. The van der Waals surface area contributed by atoms with Crippen molar-refractivity contribution < 1.29 is 24.3 Å². The van der Waals surface area contributed by atoms with Gasteiger partial charge in [-0.05, 0) is 56.5 Å². The zero-order valence-electron chi connectivity index (χ0n) is 20.5. The number of fused-ring (bicyclic) bond motifs is 1. The average molecular weight is 463 g/mol. The summed E-state index contributed by atoms with van der Waals surface area (Å²) in [5.74, 6) is -0.862. The van der Waals surface area contributed by atoms with Crippen molar-refractivity contribution in [3.63, 3.8) is 0 Å². The highest BCUT2D eigenvalue weighted by Gasteiger charge is 2.44. The Labute approximate surface area is 201 Å². The van der Waals surface area contributed by atoms with Gasteiger partial charge in [0.1, 0.15) is 11.9 Å². The first-order valence-corrected chi connectivity index (χ1v) is 12.3. The molecule has 0 bridgehead atoms. The molecule has 2 aromatic rings. The van der Waals surface area contributed by atoms with Crippen molar-refractivity contribution in [1.29, 1.82) is 0 Å². The Morgan fingerprint density at radius 1 is 1.12 bits per heavy atom. The highest BCUT2D eigenvalue weighted by Crippen LogP contribution is 2.39. The summed E-state index contributed by atoms with van der Waals surface area (Å²) in [5, 5.41) is 13.7. The van der Waals surface area contributed by atoms with E-state index in [4.69, 9.17) is 4.74 Å². The number of hydrogen-bond donors (Lipinski definition) is 1. The van der Waals surface area contributed by atoms with Crippen LogP contribution in [0.4, 0.5) is 0 Å². The van der Waals surface area contributed by atoms with Crippen LogP contribution in [0.1, 0.15) is 55.5 Å². The molecule has 2 aliphatic rings. The van der Waals surface area contributed by atoms with Gasteiger partial charge in [0.05, 0.1) is 25.7 Å². The zero-order chi connectivity index (χ0) is 24.4. The lowest BCUT2D eigenvalue weighted by atomic mass is 9.94.